The molecule has 0 radical (unpaired) electrons. The molecular formula is C16H32N2O2. The minimum absolute atomic E-state index is 0.125. The van der Waals surface area contributed by atoms with Crippen molar-refractivity contribution in [3.8, 4) is 0 Å². The minimum Gasteiger partial charge on any atom is -0.465 e. The number of rotatable bonds is 7. The van der Waals surface area contributed by atoms with Crippen molar-refractivity contribution >= 4 is 5.97 Å². The van der Waals surface area contributed by atoms with Crippen LogP contribution < -0.4 is 5.32 Å². The van der Waals surface area contributed by atoms with E-state index in [1.54, 1.807) is 0 Å². The normalized spacial score (nSPS) is 27.1. The Morgan fingerprint density at radius 2 is 2.05 bits per heavy atom. The van der Waals surface area contributed by atoms with Gasteiger partial charge in [0.15, 0.2) is 0 Å². The number of ether oxygens (including phenoxy) is 1. The highest BCUT2D eigenvalue weighted by Gasteiger charge is 2.37. The van der Waals surface area contributed by atoms with Crippen molar-refractivity contribution < 1.29 is 9.53 Å². The Morgan fingerprint density at radius 3 is 2.60 bits per heavy atom. The molecule has 0 amide bonds. The zero-order valence-corrected chi connectivity index (χ0v) is 13.9. The number of piperidine rings is 1. The lowest BCUT2D eigenvalue weighted by molar-refractivity contribution is -0.151. The Balaban J connectivity index is 2.66. The highest BCUT2D eigenvalue weighted by Crippen LogP contribution is 2.24. The number of nitrogens with one attached hydrogen (secondary N) is 1. The van der Waals surface area contributed by atoms with E-state index >= 15 is 0 Å². The predicted octanol–water partition coefficient (Wildman–Crippen LogP) is 2.29. The molecule has 3 unspecified atom stereocenters. The molecule has 0 spiro atoms. The van der Waals surface area contributed by atoms with E-state index in [-0.39, 0.29) is 5.97 Å². The van der Waals surface area contributed by atoms with Crippen LogP contribution in [0.1, 0.15) is 47.5 Å². The molecule has 20 heavy (non-hydrogen) atoms. The predicted molar refractivity (Wildman–Crippen MR) is 82.7 cm³/mol. The second-order valence-electron chi connectivity index (χ2n) is 6.46. The number of carbonyl (C=O) groups excluding carboxylic acids is 1. The molecule has 1 N–H and O–H groups in total. The Morgan fingerprint density at radius 1 is 1.35 bits per heavy atom. The van der Waals surface area contributed by atoms with Crippen LogP contribution in [0.5, 0.6) is 0 Å². The fourth-order valence-corrected chi connectivity index (χ4v) is 2.82. The number of hydrogen-bond donors (Lipinski definition) is 1. The van der Waals surface area contributed by atoms with Crippen molar-refractivity contribution in [1.82, 2.24) is 10.2 Å². The molecule has 0 aliphatic carbocycles. The SMILES string of the molecule is CCCNC(C)(CN1CCC(C)C(C)C1)C(=O)OCC. The minimum atomic E-state index is -0.591. The Kier molecular flexibility index (Phi) is 6.96. The zero-order valence-electron chi connectivity index (χ0n) is 13.9. The summed E-state index contributed by atoms with van der Waals surface area (Å²) >= 11 is 0. The van der Waals surface area contributed by atoms with Crippen molar-refractivity contribution in [2.45, 2.75) is 53.0 Å². The smallest absolute Gasteiger partial charge is 0.327 e. The molecule has 118 valence electrons. The standard InChI is InChI=1S/C16H32N2O2/c1-6-9-17-16(5,15(19)20-7-2)12-18-10-8-13(3)14(4)11-18/h13-14,17H,6-12H2,1-5H3. The topological polar surface area (TPSA) is 41.6 Å². The first-order chi connectivity index (χ1) is 9.42. The van der Waals surface area contributed by atoms with Crippen molar-refractivity contribution in [2.24, 2.45) is 11.8 Å². The largest absolute Gasteiger partial charge is 0.465 e. The van der Waals surface area contributed by atoms with E-state index < -0.39 is 5.54 Å². The third-order valence-electron chi connectivity index (χ3n) is 4.45. The van der Waals surface area contributed by atoms with Gasteiger partial charge in [0, 0.05) is 13.1 Å². The molecule has 3 atom stereocenters. The van der Waals surface area contributed by atoms with E-state index in [1.807, 2.05) is 13.8 Å². The van der Waals surface area contributed by atoms with Crippen LogP contribution in [0.4, 0.5) is 0 Å². The first-order valence-electron chi connectivity index (χ1n) is 8.07. The van der Waals surface area contributed by atoms with E-state index in [2.05, 4.69) is 31.0 Å². The second-order valence-corrected chi connectivity index (χ2v) is 6.46. The van der Waals surface area contributed by atoms with Gasteiger partial charge in [-0.3, -0.25) is 4.79 Å². The monoisotopic (exact) mass is 284 g/mol. The van der Waals surface area contributed by atoms with Gasteiger partial charge in [-0.2, -0.15) is 0 Å². The van der Waals surface area contributed by atoms with Crippen molar-refractivity contribution in [3.05, 3.63) is 0 Å². The summed E-state index contributed by atoms with van der Waals surface area (Å²) in [5.41, 5.74) is -0.591. The summed E-state index contributed by atoms with van der Waals surface area (Å²) in [6.45, 7) is 14.8. The van der Waals surface area contributed by atoms with Gasteiger partial charge < -0.3 is 15.0 Å². The maximum Gasteiger partial charge on any atom is 0.327 e. The van der Waals surface area contributed by atoms with Crippen molar-refractivity contribution in [3.63, 3.8) is 0 Å². The molecule has 0 saturated carbocycles. The summed E-state index contributed by atoms with van der Waals surface area (Å²) in [5, 5.41) is 3.39. The molecule has 0 aromatic rings. The fraction of sp³-hybridized carbons (Fsp3) is 0.938. The van der Waals surface area contributed by atoms with Crippen LogP contribution in [0.3, 0.4) is 0 Å². The van der Waals surface area contributed by atoms with Crippen LogP contribution in [-0.4, -0.2) is 49.2 Å². The van der Waals surface area contributed by atoms with Gasteiger partial charge in [-0.1, -0.05) is 20.8 Å². The summed E-state index contributed by atoms with van der Waals surface area (Å²) in [5.74, 6) is 1.35. The van der Waals surface area contributed by atoms with Crippen molar-refractivity contribution in [1.29, 1.82) is 0 Å². The van der Waals surface area contributed by atoms with Crippen LogP contribution in [-0.2, 0) is 9.53 Å². The summed E-state index contributed by atoms with van der Waals surface area (Å²) in [4.78, 5) is 14.7. The summed E-state index contributed by atoms with van der Waals surface area (Å²) < 4.78 is 5.27. The molecular weight excluding hydrogens is 252 g/mol. The number of carbonyl (C=O) groups is 1. The van der Waals surface area contributed by atoms with E-state index in [9.17, 15) is 4.79 Å². The molecule has 1 fully saturated rings. The average Bonchev–Trinajstić information content (AvgIpc) is 2.41. The molecule has 1 saturated heterocycles. The molecule has 1 aliphatic rings. The summed E-state index contributed by atoms with van der Waals surface area (Å²) in [6, 6.07) is 0. The van der Waals surface area contributed by atoms with E-state index in [4.69, 9.17) is 4.74 Å². The van der Waals surface area contributed by atoms with Crippen LogP contribution in [0.15, 0.2) is 0 Å². The number of hydrogen-bond acceptors (Lipinski definition) is 4. The molecule has 4 heteroatoms. The van der Waals surface area contributed by atoms with Gasteiger partial charge in [-0.05, 0) is 51.6 Å². The molecule has 0 aromatic carbocycles. The zero-order chi connectivity index (χ0) is 15.2. The van der Waals surface area contributed by atoms with Gasteiger partial charge in [0.2, 0.25) is 0 Å². The van der Waals surface area contributed by atoms with Crippen LogP contribution in [0.25, 0.3) is 0 Å². The maximum atomic E-state index is 12.3. The molecule has 0 aromatic heterocycles. The van der Waals surface area contributed by atoms with Gasteiger partial charge in [0.05, 0.1) is 6.61 Å². The van der Waals surface area contributed by atoms with Crippen LogP contribution in [0, 0.1) is 11.8 Å². The van der Waals surface area contributed by atoms with Crippen LogP contribution >= 0.6 is 0 Å². The summed E-state index contributed by atoms with van der Waals surface area (Å²) in [7, 11) is 0. The van der Waals surface area contributed by atoms with E-state index in [0.29, 0.717) is 12.5 Å². The fourth-order valence-electron chi connectivity index (χ4n) is 2.82. The number of esters is 1. The van der Waals surface area contributed by atoms with Gasteiger partial charge in [0.1, 0.15) is 5.54 Å². The number of likely N-dealkylation sites (tertiary alicyclic amines) is 1. The van der Waals surface area contributed by atoms with Gasteiger partial charge >= 0.3 is 5.97 Å². The highest BCUT2D eigenvalue weighted by atomic mass is 16.5. The second kappa shape index (κ2) is 7.99. The van der Waals surface area contributed by atoms with Crippen molar-refractivity contribution in [2.75, 3.05) is 32.8 Å². The lowest BCUT2D eigenvalue weighted by Crippen LogP contribution is -2.59. The van der Waals surface area contributed by atoms with E-state index in [0.717, 1.165) is 38.5 Å². The van der Waals surface area contributed by atoms with Crippen LogP contribution in [0.2, 0.25) is 0 Å². The Labute approximate surface area is 124 Å². The first kappa shape index (κ1) is 17.4. The molecule has 4 nitrogen and oxygen atoms in total. The van der Waals surface area contributed by atoms with Gasteiger partial charge in [-0.15, -0.1) is 0 Å². The van der Waals surface area contributed by atoms with Gasteiger partial charge in [0.25, 0.3) is 0 Å². The lowest BCUT2D eigenvalue weighted by atomic mass is 9.87. The molecule has 0 bridgehead atoms. The Bertz CT molecular complexity index is 309. The van der Waals surface area contributed by atoms with E-state index in [1.165, 1.54) is 6.42 Å². The lowest BCUT2D eigenvalue weighted by Gasteiger charge is -2.40. The number of nitrogens with zero attached hydrogens (tertiary/aromatic N) is 1. The molecule has 1 rings (SSSR count). The van der Waals surface area contributed by atoms with Gasteiger partial charge in [-0.25, -0.2) is 0 Å². The first-order valence-corrected chi connectivity index (χ1v) is 8.07. The quantitative estimate of drug-likeness (QED) is 0.728. The molecule has 1 aliphatic heterocycles. The third-order valence-corrected chi connectivity index (χ3v) is 4.45. The summed E-state index contributed by atoms with van der Waals surface area (Å²) in [6.07, 6.45) is 2.23. The Hall–Kier alpha value is -0.610. The average molecular weight is 284 g/mol. The highest BCUT2D eigenvalue weighted by molar-refractivity contribution is 5.80. The molecule has 1 heterocycles. The third kappa shape index (κ3) is 4.74. The maximum absolute atomic E-state index is 12.3.